The number of carboxylic acids is 1. The van der Waals surface area contributed by atoms with Crippen LogP contribution in [0.15, 0.2) is 61.1 Å². The molecule has 5 aromatic rings. The SMILES string of the molecule is COc1nc(-c2cccc(-c3ccnc(-c4cc(OC)c5nc(CNCCC6(C(=O)O)CC6)cn5c4)c3Cl)c2Cl)ccc1CN(CC1CCC(=O)N1)C(=O)OC(C)(C)C. The summed E-state index contributed by atoms with van der Waals surface area (Å²) >= 11 is 14.3. The van der Waals surface area contributed by atoms with Crippen LogP contribution in [0.25, 0.3) is 39.3 Å². The van der Waals surface area contributed by atoms with E-state index in [4.69, 9.17) is 47.4 Å². The molecule has 0 radical (unpaired) electrons. The van der Waals surface area contributed by atoms with E-state index in [0.29, 0.717) is 98.9 Å². The van der Waals surface area contributed by atoms with E-state index in [1.165, 1.54) is 7.11 Å². The highest BCUT2D eigenvalue weighted by atomic mass is 35.5. The molecule has 2 fully saturated rings. The highest BCUT2D eigenvalue weighted by Gasteiger charge is 2.49. The number of fused-ring (bicyclic) bond motifs is 1. The summed E-state index contributed by atoms with van der Waals surface area (Å²) < 4.78 is 19.1. The van der Waals surface area contributed by atoms with Gasteiger partial charge >= 0.3 is 12.1 Å². The van der Waals surface area contributed by atoms with Crippen LogP contribution in [0.2, 0.25) is 10.0 Å². The Kier molecular flexibility index (Phi) is 12.0. The van der Waals surface area contributed by atoms with Gasteiger partial charge in [-0.05, 0) is 77.3 Å². The molecule has 2 aliphatic rings. The van der Waals surface area contributed by atoms with E-state index >= 15 is 0 Å². The third kappa shape index (κ3) is 9.24. The lowest BCUT2D eigenvalue weighted by Crippen LogP contribution is -2.43. The van der Waals surface area contributed by atoms with Crippen LogP contribution in [0.1, 0.15) is 64.1 Å². The van der Waals surface area contributed by atoms with Gasteiger partial charge in [0.25, 0.3) is 0 Å². The lowest BCUT2D eigenvalue weighted by molar-refractivity contribution is -0.143. The monoisotopic (exact) mass is 843 g/mol. The number of hydrogen-bond acceptors (Lipinski definition) is 10. The largest absolute Gasteiger partial charge is 0.493 e. The number of carboxylic acid groups (broad SMARTS) is 1. The Bertz CT molecular complexity index is 2410. The first-order chi connectivity index (χ1) is 28.2. The van der Waals surface area contributed by atoms with Crippen molar-refractivity contribution in [1.29, 1.82) is 0 Å². The minimum atomic E-state index is -0.727. The maximum atomic E-state index is 13.3. The third-order valence-electron chi connectivity index (χ3n) is 10.6. The summed E-state index contributed by atoms with van der Waals surface area (Å²) in [5.74, 6) is 0.0717. The first kappa shape index (κ1) is 41.7. The van der Waals surface area contributed by atoms with E-state index in [0.717, 1.165) is 18.5 Å². The quantitative estimate of drug-likeness (QED) is 0.0879. The molecule has 5 heterocycles. The number of halogens is 2. The minimum Gasteiger partial charge on any atom is -0.493 e. The van der Waals surface area contributed by atoms with Crippen molar-refractivity contribution in [2.45, 2.75) is 77.6 Å². The molecular weight excluding hydrogens is 797 g/mol. The maximum Gasteiger partial charge on any atom is 0.410 e. The van der Waals surface area contributed by atoms with Crippen LogP contribution in [0.5, 0.6) is 11.6 Å². The molecule has 3 N–H and O–H groups in total. The second-order valence-corrected chi connectivity index (χ2v) is 16.7. The van der Waals surface area contributed by atoms with E-state index in [-0.39, 0.29) is 25.0 Å². The van der Waals surface area contributed by atoms with Gasteiger partial charge in [-0.3, -0.25) is 14.6 Å². The number of methoxy groups -OCH3 is 2. The number of carbonyl (C=O) groups is 3. The van der Waals surface area contributed by atoms with Gasteiger partial charge in [0, 0.05) is 72.0 Å². The van der Waals surface area contributed by atoms with Gasteiger partial charge < -0.3 is 39.3 Å². The minimum absolute atomic E-state index is 0.0414. The fraction of sp³-hybridized carbons (Fsp3) is 0.395. The second-order valence-electron chi connectivity index (χ2n) is 16.0. The topological polar surface area (TPSA) is 170 Å². The normalized spacial score (nSPS) is 15.8. The van der Waals surface area contributed by atoms with Crippen LogP contribution in [0.3, 0.4) is 0 Å². The highest BCUT2D eigenvalue weighted by Crippen LogP contribution is 2.48. The molecule has 0 spiro atoms. The fourth-order valence-corrected chi connectivity index (χ4v) is 7.92. The molecule has 1 saturated carbocycles. The van der Waals surface area contributed by atoms with Crippen LogP contribution < -0.4 is 20.1 Å². The molecule has 4 aromatic heterocycles. The van der Waals surface area contributed by atoms with Crippen LogP contribution in [-0.4, -0.2) is 86.3 Å². The van der Waals surface area contributed by atoms with Gasteiger partial charge in [0.1, 0.15) is 5.60 Å². The summed E-state index contributed by atoms with van der Waals surface area (Å²) in [7, 11) is 3.09. The number of carbonyl (C=O) groups excluding carboxylic acids is 2. The highest BCUT2D eigenvalue weighted by molar-refractivity contribution is 6.39. The van der Waals surface area contributed by atoms with Crippen molar-refractivity contribution in [3.8, 4) is 45.3 Å². The number of nitrogens with zero attached hydrogens (tertiary/aromatic N) is 5. The third-order valence-corrected chi connectivity index (χ3v) is 11.4. The number of benzene rings is 1. The lowest BCUT2D eigenvalue weighted by Gasteiger charge is -2.29. The van der Waals surface area contributed by atoms with Crippen molar-refractivity contribution >= 4 is 46.8 Å². The summed E-state index contributed by atoms with van der Waals surface area (Å²) in [6.45, 7) is 6.87. The number of aliphatic carboxylic acids is 1. The number of ether oxygens (including phenoxy) is 3. The number of aromatic nitrogens is 4. The Balaban J connectivity index is 1.13. The summed E-state index contributed by atoms with van der Waals surface area (Å²) in [6, 6.07) is 12.7. The summed E-state index contributed by atoms with van der Waals surface area (Å²) in [4.78, 5) is 52.6. The zero-order chi connectivity index (χ0) is 42.1. The average Bonchev–Trinajstić information content (AvgIpc) is 3.71. The van der Waals surface area contributed by atoms with Crippen molar-refractivity contribution in [2.75, 3.05) is 27.3 Å². The smallest absolute Gasteiger partial charge is 0.410 e. The van der Waals surface area contributed by atoms with Crippen LogP contribution in [0.4, 0.5) is 4.79 Å². The zero-order valence-corrected chi connectivity index (χ0v) is 35.1. The van der Waals surface area contributed by atoms with Gasteiger partial charge in [-0.25, -0.2) is 14.8 Å². The van der Waals surface area contributed by atoms with E-state index in [1.54, 1.807) is 45.0 Å². The number of nitrogens with one attached hydrogen (secondary N) is 2. The molecule has 310 valence electrons. The molecule has 1 aliphatic carbocycles. The van der Waals surface area contributed by atoms with Crippen molar-refractivity contribution in [1.82, 2.24) is 34.9 Å². The van der Waals surface area contributed by atoms with Gasteiger partial charge in [0.2, 0.25) is 11.8 Å². The standard InChI is InChI=1S/C43H47Cl2N7O7/c1-42(2,3)59-41(56)52(23-27-10-12-34(53)48-27)21-25-9-11-32(50-39(25)58-5)31-8-6-7-29(35(31)44)30-13-17-47-37(36(30)45)26-19-33(57-4)38-49-28(24-51(38)22-26)20-46-18-16-43(14-15-43)40(54)55/h6-9,11,13,17,19,22,24,27,46H,10,12,14-16,18,20-21,23H2,1-5H3,(H,48,53)(H,54,55). The summed E-state index contributed by atoms with van der Waals surface area (Å²) in [5.41, 5.74) is 4.46. The maximum absolute atomic E-state index is 13.3. The van der Waals surface area contributed by atoms with E-state index in [1.807, 2.05) is 53.2 Å². The molecule has 1 aromatic carbocycles. The molecule has 59 heavy (non-hydrogen) atoms. The Morgan fingerprint density at radius 2 is 1.80 bits per heavy atom. The molecule has 1 saturated heterocycles. The molecule has 1 atom stereocenters. The van der Waals surface area contributed by atoms with Gasteiger partial charge in [0.15, 0.2) is 11.4 Å². The Labute approximate surface area is 352 Å². The molecule has 14 nitrogen and oxygen atoms in total. The number of rotatable bonds is 15. The first-order valence-electron chi connectivity index (χ1n) is 19.4. The average molecular weight is 845 g/mol. The zero-order valence-electron chi connectivity index (χ0n) is 33.6. The molecule has 0 bridgehead atoms. The first-order valence-corrected chi connectivity index (χ1v) is 20.2. The van der Waals surface area contributed by atoms with Gasteiger partial charge in [-0.15, -0.1) is 0 Å². The molecule has 1 aliphatic heterocycles. The molecule has 16 heteroatoms. The fourth-order valence-electron chi connectivity index (χ4n) is 7.27. The number of hydrogen-bond donors (Lipinski definition) is 3. The van der Waals surface area contributed by atoms with Crippen molar-refractivity contribution in [2.24, 2.45) is 5.41 Å². The molecular formula is C43H47Cl2N7O7. The molecule has 1 unspecified atom stereocenters. The van der Waals surface area contributed by atoms with Gasteiger partial charge in [-0.1, -0.05) is 41.4 Å². The molecule has 7 rings (SSSR count). The number of imidazole rings is 1. The van der Waals surface area contributed by atoms with Crippen LogP contribution in [0, 0.1) is 5.41 Å². The Morgan fingerprint density at radius 1 is 1.03 bits per heavy atom. The van der Waals surface area contributed by atoms with E-state index < -0.39 is 23.1 Å². The van der Waals surface area contributed by atoms with E-state index in [9.17, 15) is 19.5 Å². The van der Waals surface area contributed by atoms with Crippen LogP contribution in [-0.2, 0) is 27.4 Å². The Morgan fingerprint density at radius 3 is 2.47 bits per heavy atom. The van der Waals surface area contributed by atoms with Gasteiger partial charge in [0.05, 0.1) is 53.3 Å². The van der Waals surface area contributed by atoms with E-state index in [2.05, 4.69) is 15.6 Å². The van der Waals surface area contributed by atoms with Crippen molar-refractivity contribution < 1.29 is 33.7 Å². The second kappa shape index (κ2) is 17.0. The number of pyridine rings is 3. The predicted molar refractivity (Wildman–Crippen MR) is 224 cm³/mol. The van der Waals surface area contributed by atoms with Crippen LogP contribution >= 0.6 is 23.2 Å². The Hall–Kier alpha value is -5.44. The lowest BCUT2D eigenvalue weighted by atomic mass is 10.00. The summed E-state index contributed by atoms with van der Waals surface area (Å²) in [5, 5.41) is 16.5. The van der Waals surface area contributed by atoms with Crippen molar-refractivity contribution in [3.05, 3.63) is 82.4 Å². The summed E-state index contributed by atoms with van der Waals surface area (Å²) in [6.07, 6.45) is 8.00. The van der Waals surface area contributed by atoms with Crippen molar-refractivity contribution in [3.63, 3.8) is 0 Å². The number of amides is 2. The van der Waals surface area contributed by atoms with Gasteiger partial charge in [-0.2, -0.15) is 0 Å². The predicted octanol–water partition coefficient (Wildman–Crippen LogP) is 7.81. The molecule has 2 amide bonds.